The van der Waals surface area contributed by atoms with Gasteiger partial charge in [-0.25, -0.2) is 0 Å². The highest BCUT2D eigenvalue weighted by Gasteiger charge is 2.10. The first-order valence-electron chi connectivity index (χ1n) is 8.44. The van der Waals surface area contributed by atoms with Crippen LogP contribution in [0, 0.1) is 13.8 Å². The summed E-state index contributed by atoms with van der Waals surface area (Å²) in [5.41, 5.74) is 4.41. The molecule has 26 heavy (non-hydrogen) atoms. The lowest BCUT2D eigenvalue weighted by Gasteiger charge is -2.04. The molecule has 3 aromatic rings. The third-order valence-electron chi connectivity index (χ3n) is 4.27. The molecule has 0 atom stereocenters. The second kappa shape index (κ2) is 8.06. The summed E-state index contributed by atoms with van der Waals surface area (Å²) in [4.78, 5) is 19.0. The number of nitrogens with zero attached hydrogens (tertiary/aromatic N) is 2. The van der Waals surface area contributed by atoms with Crippen LogP contribution >= 0.6 is 23.1 Å². The number of hydrogen-bond acceptors (Lipinski definition) is 3. The van der Waals surface area contributed by atoms with E-state index in [1.54, 1.807) is 23.1 Å². The molecule has 5 heteroatoms. The Labute approximate surface area is 162 Å². The normalized spacial score (nSPS) is 11.9. The quantitative estimate of drug-likeness (QED) is 0.465. The van der Waals surface area contributed by atoms with Crippen LogP contribution in [0.5, 0.6) is 0 Å². The van der Waals surface area contributed by atoms with Gasteiger partial charge in [-0.15, -0.1) is 18.3 Å². The number of rotatable bonds is 5. The molecule has 1 heterocycles. The van der Waals surface area contributed by atoms with Gasteiger partial charge in [0, 0.05) is 11.4 Å². The molecule has 0 bridgehead atoms. The number of fused-ring (bicyclic) bond motifs is 1. The molecule has 0 spiro atoms. The molecule has 0 saturated heterocycles. The molecular weight excluding hydrogens is 360 g/mol. The van der Waals surface area contributed by atoms with Crippen molar-refractivity contribution >= 4 is 39.2 Å². The Bertz CT molecular complexity index is 1040. The average Bonchev–Trinajstić information content (AvgIpc) is 2.94. The summed E-state index contributed by atoms with van der Waals surface area (Å²) in [5.74, 6) is -0.117. The highest BCUT2D eigenvalue weighted by Crippen LogP contribution is 2.24. The van der Waals surface area contributed by atoms with Crippen LogP contribution in [-0.4, -0.2) is 16.7 Å². The van der Waals surface area contributed by atoms with Gasteiger partial charge < -0.3 is 4.57 Å². The van der Waals surface area contributed by atoms with Crippen LogP contribution < -0.4 is 4.80 Å². The number of carbonyl (C=O) groups is 1. The molecule has 3 nitrogen and oxygen atoms in total. The molecule has 0 radical (unpaired) electrons. The van der Waals surface area contributed by atoms with Crippen molar-refractivity contribution in [1.29, 1.82) is 0 Å². The third-order valence-corrected chi connectivity index (χ3v) is 6.03. The van der Waals surface area contributed by atoms with Crippen LogP contribution in [0.2, 0.25) is 0 Å². The monoisotopic (exact) mass is 382 g/mol. The lowest BCUT2D eigenvalue weighted by Crippen LogP contribution is -2.17. The highest BCUT2D eigenvalue weighted by molar-refractivity contribution is 7.98. The fourth-order valence-corrected chi connectivity index (χ4v) is 4.48. The molecule has 0 unspecified atom stereocenters. The molecule has 1 aromatic heterocycles. The SMILES string of the molecule is C=CCn1c(=NC(=O)Cc2cc(C)ccc2C)sc2cc(SC)ccc21. The zero-order chi connectivity index (χ0) is 18.7. The Kier molecular flexibility index (Phi) is 5.79. The molecule has 0 fully saturated rings. The Morgan fingerprint density at radius 2 is 2.08 bits per heavy atom. The van der Waals surface area contributed by atoms with E-state index < -0.39 is 0 Å². The first kappa shape index (κ1) is 18.7. The van der Waals surface area contributed by atoms with Crippen LogP contribution in [0.4, 0.5) is 0 Å². The largest absolute Gasteiger partial charge is 0.313 e. The van der Waals surface area contributed by atoms with Crippen molar-refractivity contribution in [3.63, 3.8) is 0 Å². The van der Waals surface area contributed by atoms with Gasteiger partial charge in [0.2, 0.25) is 0 Å². The molecular formula is C21H22N2OS2. The fourth-order valence-electron chi connectivity index (χ4n) is 2.87. The van der Waals surface area contributed by atoms with E-state index in [2.05, 4.69) is 58.8 Å². The Hall–Kier alpha value is -2.11. The van der Waals surface area contributed by atoms with Crippen molar-refractivity contribution in [2.75, 3.05) is 6.26 Å². The van der Waals surface area contributed by atoms with Gasteiger partial charge in [0.25, 0.3) is 5.91 Å². The van der Waals surface area contributed by atoms with Crippen LogP contribution in [0.15, 0.2) is 58.9 Å². The predicted octanol–water partition coefficient (Wildman–Crippen LogP) is 4.90. The molecule has 2 aromatic carbocycles. The number of aromatic nitrogens is 1. The number of thiazole rings is 1. The fraction of sp³-hybridized carbons (Fsp3) is 0.238. The topological polar surface area (TPSA) is 34.4 Å². The minimum atomic E-state index is -0.117. The number of amides is 1. The minimum Gasteiger partial charge on any atom is -0.313 e. The van der Waals surface area contributed by atoms with Crippen molar-refractivity contribution in [2.45, 2.75) is 31.7 Å². The van der Waals surface area contributed by atoms with Crippen LogP contribution in [0.25, 0.3) is 10.2 Å². The minimum absolute atomic E-state index is 0.117. The molecule has 0 aliphatic heterocycles. The first-order chi connectivity index (χ1) is 12.5. The molecule has 1 amide bonds. The first-order valence-corrected chi connectivity index (χ1v) is 10.5. The molecule has 134 valence electrons. The molecule has 0 N–H and O–H groups in total. The van der Waals surface area contributed by atoms with Crippen LogP contribution in [0.1, 0.15) is 16.7 Å². The molecule has 3 rings (SSSR count). The lowest BCUT2D eigenvalue weighted by atomic mass is 10.0. The van der Waals surface area contributed by atoms with Crippen molar-refractivity contribution in [3.8, 4) is 0 Å². The number of allylic oxidation sites excluding steroid dienone is 1. The second-order valence-corrected chi connectivity index (χ2v) is 8.12. The Morgan fingerprint density at radius 3 is 2.81 bits per heavy atom. The number of carbonyl (C=O) groups excluding carboxylic acids is 1. The van der Waals surface area contributed by atoms with E-state index >= 15 is 0 Å². The summed E-state index contributed by atoms with van der Waals surface area (Å²) in [5, 5.41) is 0. The van der Waals surface area contributed by atoms with Gasteiger partial charge in [0.1, 0.15) is 0 Å². The van der Waals surface area contributed by atoms with Gasteiger partial charge in [-0.3, -0.25) is 4.79 Å². The standard InChI is InChI=1S/C21H22N2OS2/c1-5-10-23-18-9-8-17(25-4)13-19(18)26-21(23)22-20(24)12-16-11-14(2)6-7-15(16)3/h5-9,11,13H,1,10,12H2,2-4H3. The zero-order valence-electron chi connectivity index (χ0n) is 15.3. The summed E-state index contributed by atoms with van der Waals surface area (Å²) in [6, 6.07) is 12.5. The van der Waals surface area contributed by atoms with Gasteiger partial charge in [0.15, 0.2) is 4.80 Å². The van der Waals surface area contributed by atoms with E-state index in [0.717, 1.165) is 31.7 Å². The maximum atomic E-state index is 12.6. The van der Waals surface area contributed by atoms with E-state index in [1.165, 1.54) is 4.90 Å². The van der Waals surface area contributed by atoms with Crippen molar-refractivity contribution in [1.82, 2.24) is 4.57 Å². The van der Waals surface area contributed by atoms with E-state index in [0.29, 0.717) is 13.0 Å². The summed E-state index contributed by atoms with van der Waals surface area (Å²) in [6.45, 7) is 8.54. The molecule has 0 saturated carbocycles. The number of thioether (sulfide) groups is 1. The maximum absolute atomic E-state index is 12.6. The smallest absolute Gasteiger partial charge is 0.252 e. The van der Waals surface area contributed by atoms with E-state index in [9.17, 15) is 4.79 Å². The predicted molar refractivity (Wildman–Crippen MR) is 112 cm³/mol. The third kappa shape index (κ3) is 4.00. The Morgan fingerprint density at radius 1 is 1.27 bits per heavy atom. The summed E-state index contributed by atoms with van der Waals surface area (Å²) in [6.07, 6.45) is 4.22. The van der Waals surface area contributed by atoms with Gasteiger partial charge in [-0.1, -0.05) is 41.2 Å². The van der Waals surface area contributed by atoms with Crippen LogP contribution in [-0.2, 0) is 17.8 Å². The number of benzene rings is 2. The second-order valence-electron chi connectivity index (χ2n) is 6.23. The molecule has 0 aliphatic carbocycles. The van der Waals surface area contributed by atoms with Gasteiger partial charge >= 0.3 is 0 Å². The number of hydrogen-bond donors (Lipinski definition) is 0. The maximum Gasteiger partial charge on any atom is 0.252 e. The summed E-state index contributed by atoms with van der Waals surface area (Å²) < 4.78 is 3.19. The molecule has 0 aliphatic rings. The lowest BCUT2D eigenvalue weighted by molar-refractivity contribution is -0.117. The Balaban J connectivity index is 2.02. The summed E-state index contributed by atoms with van der Waals surface area (Å²) in [7, 11) is 0. The van der Waals surface area contributed by atoms with E-state index in [4.69, 9.17) is 0 Å². The summed E-state index contributed by atoms with van der Waals surface area (Å²) >= 11 is 3.26. The van der Waals surface area contributed by atoms with Crippen molar-refractivity contribution < 1.29 is 4.79 Å². The van der Waals surface area contributed by atoms with Crippen molar-refractivity contribution in [2.24, 2.45) is 4.99 Å². The van der Waals surface area contributed by atoms with E-state index in [-0.39, 0.29) is 5.91 Å². The van der Waals surface area contributed by atoms with Gasteiger partial charge in [-0.05, 0) is 49.4 Å². The van der Waals surface area contributed by atoms with E-state index in [1.807, 2.05) is 19.9 Å². The van der Waals surface area contributed by atoms with Crippen molar-refractivity contribution in [3.05, 3.63) is 70.5 Å². The zero-order valence-corrected chi connectivity index (χ0v) is 16.9. The van der Waals surface area contributed by atoms with Crippen LogP contribution in [0.3, 0.4) is 0 Å². The number of aryl methyl sites for hydroxylation is 2. The van der Waals surface area contributed by atoms with Gasteiger partial charge in [-0.2, -0.15) is 4.99 Å². The average molecular weight is 383 g/mol. The highest BCUT2D eigenvalue weighted by atomic mass is 32.2. The van der Waals surface area contributed by atoms with Gasteiger partial charge in [0.05, 0.1) is 16.6 Å².